The molecule has 0 amide bonds. The molecule has 56 valence electrons. The minimum absolute atomic E-state index is 1.92. The van der Waals surface area contributed by atoms with Crippen LogP contribution in [0.3, 0.4) is 0 Å². The number of hydrogen-bond acceptors (Lipinski definition) is 1. The summed E-state index contributed by atoms with van der Waals surface area (Å²) < 4.78 is 1.92. The highest BCUT2D eigenvalue weighted by atomic mass is 31.0. The summed E-state index contributed by atoms with van der Waals surface area (Å²) in [6.45, 7) is 0. The Kier molecular flexibility index (Phi) is 6.46. The van der Waals surface area contributed by atoms with Crippen LogP contribution < -0.4 is 0 Å². The molecule has 1 nitrogen and oxygen atoms in total. The van der Waals surface area contributed by atoms with Crippen LogP contribution in [0.4, 0.5) is 0 Å². The second-order valence-corrected chi connectivity index (χ2v) is 3.15. The number of hydrogen-bond donors (Lipinski definition) is 0. The Morgan fingerprint density at radius 1 is 0.800 bits per heavy atom. The van der Waals surface area contributed by atoms with Gasteiger partial charge in [0.2, 0.25) is 0 Å². The SMILES string of the molecule is CN(C)P.c1ccccc1. The lowest BCUT2D eigenvalue weighted by atomic mass is 10.4. The van der Waals surface area contributed by atoms with Crippen LogP contribution in [0.15, 0.2) is 36.4 Å². The van der Waals surface area contributed by atoms with Crippen molar-refractivity contribution in [2.24, 2.45) is 0 Å². The van der Waals surface area contributed by atoms with E-state index in [4.69, 9.17) is 0 Å². The highest BCUT2D eigenvalue weighted by Crippen LogP contribution is 1.80. The molecule has 0 radical (unpaired) electrons. The van der Waals surface area contributed by atoms with Crippen molar-refractivity contribution in [1.29, 1.82) is 0 Å². The Morgan fingerprint density at radius 2 is 0.900 bits per heavy atom. The second kappa shape index (κ2) is 6.73. The van der Waals surface area contributed by atoms with Crippen LogP contribution in [-0.2, 0) is 0 Å². The molecule has 0 saturated heterocycles. The molecular formula is C8H14NP. The van der Waals surface area contributed by atoms with Gasteiger partial charge in [0, 0.05) is 0 Å². The molecule has 2 heteroatoms. The Labute approximate surface area is 65.3 Å². The van der Waals surface area contributed by atoms with E-state index in [-0.39, 0.29) is 0 Å². The Hall–Kier alpha value is -0.390. The van der Waals surface area contributed by atoms with Crippen molar-refractivity contribution in [1.82, 2.24) is 4.67 Å². The molecule has 1 aromatic rings. The summed E-state index contributed by atoms with van der Waals surface area (Å²) in [5.74, 6) is 0. The zero-order valence-electron chi connectivity index (χ0n) is 6.49. The third-order valence-electron chi connectivity index (χ3n) is 0.667. The highest BCUT2D eigenvalue weighted by Gasteiger charge is 1.58. The van der Waals surface area contributed by atoms with Crippen LogP contribution in [0.2, 0.25) is 0 Å². The van der Waals surface area contributed by atoms with Gasteiger partial charge in [-0.15, -0.1) is 0 Å². The first kappa shape index (κ1) is 9.61. The van der Waals surface area contributed by atoms with Crippen molar-refractivity contribution in [3.63, 3.8) is 0 Å². The van der Waals surface area contributed by atoms with Gasteiger partial charge >= 0.3 is 0 Å². The summed E-state index contributed by atoms with van der Waals surface area (Å²) in [7, 11) is 6.42. The molecule has 0 bridgehead atoms. The van der Waals surface area contributed by atoms with Gasteiger partial charge in [-0.1, -0.05) is 45.8 Å². The first-order valence-corrected chi connectivity index (χ1v) is 3.67. The van der Waals surface area contributed by atoms with E-state index in [1.165, 1.54) is 0 Å². The van der Waals surface area contributed by atoms with Crippen LogP contribution in [0.1, 0.15) is 0 Å². The van der Waals surface area contributed by atoms with Crippen molar-refractivity contribution < 1.29 is 0 Å². The third-order valence-corrected chi connectivity index (χ3v) is 0.667. The molecule has 0 spiro atoms. The van der Waals surface area contributed by atoms with Gasteiger partial charge in [-0.2, -0.15) is 0 Å². The van der Waals surface area contributed by atoms with E-state index in [1.54, 1.807) is 0 Å². The lowest BCUT2D eigenvalue weighted by molar-refractivity contribution is 0.703. The van der Waals surface area contributed by atoms with E-state index >= 15 is 0 Å². The second-order valence-electron chi connectivity index (χ2n) is 2.12. The average molecular weight is 155 g/mol. The third kappa shape index (κ3) is 10.6. The standard InChI is InChI=1S/C6H6.C2H8NP/c1-2-4-6-5-3-1;1-3(2)4/h1-6H;4H2,1-2H3. The van der Waals surface area contributed by atoms with Gasteiger partial charge < -0.3 is 0 Å². The Morgan fingerprint density at radius 3 is 1.00 bits per heavy atom. The minimum atomic E-state index is 1.92. The maximum Gasteiger partial charge on any atom is -0.0102 e. The summed E-state index contributed by atoms with van der Waals surface area (Å²) in [5, 5.41) is 0. The molecule has 10 heavy (non-hydrogen) atoms. The molecule has 1 atom stereocenters. The fourth-order valence-electron chi connectivity index (χ4n) is 0.385. The smallest absolute Gasteiger partial charge is 0.0102 e. The van der Waals surface area contributed by atoms with Crippen molar-refractivity contribution in [2.45, 2.75) is 0 Å². The summed E-state index contributed by atoms with van der Waals surface area (Å²) >= 11 is 0. The molecule has 0 fully saturated rings. The number of rotatable bonds is 0. The van der Waals surface area contributed by atoms with Gasteiger partial charge in [0.1, 0.15) is 0 Å². The number of nitrogens with zero attached hydrogens (tertiary/aromatic N) is 1. The Bertz CT molecular complexity index is 110. The molecule has 0 aromatic heterocycles. The maximum atomic E-state index is 2.49. The quantitative estimate of drug-likeness (QED) is 0.518. The molecule has 0 aliphatic rings. The van der Waals surface area contributed by atoms with E-state index < -0.39 is 0 Å². The van der Waals surface area contributed by atoms with E-state index in [0.717, 1.165) is 0 Å². The average Bonchev–Trinajstić information content (AvgIpc) is 1.90. The van der Waals surface area contributed by atoms with Gasteiger partial charge in [0.25, 0.3) is 0 Å². The molecule has 0 saturated carbocycles. The molecule has 0 aliphatic heterocycles. The zero-order chi connectivity index (χ0) is 7.82. The van der Waals surface area contributed by atoms with Gasteiger partial charge in [0.15, 0.2) is 0 Å². The lowest BCUT2D eigenvalue weighted by Gasteiger charge is -1.90. The monoisotopic (exact) mass is 155 g/mol. The maximum absolute atomic E-state index is 2.49. The first-order chi connectivity index (χ1) is 4.73. The van der Waals surface area contributed by atoms with E-state index in [2.05, 4.69) is 9.39 Å². The van der Waals surface area contributed by atoms with Gasteiger partial charge in [-0.05, 0) is 14.1 Å². The summed E-state index contributed by atoms with van der Waals surface area (Å²) in [4.78, 5) is 0. The fourth-order valence-corrected chi connectivity index (χ4v) is 0.385. The molecule has 0 heterocycles. The Balaban J connectivity index is 0.000000180. The lowest BCUT2D eigenvalue weighted by Crippen LogP contribution is -1.88. The van der Waals surface area contributed by atoms with E-state index in [1.807, 2.05) is 55.2 Å². The van der Waals surface area contributed by atoms with Crippen molar-refractivity contribution in [2.75, 3.05) is 14.1 Å². The fraction of sp³-hybridized carbons (Fsp3) is 0.250. The summed E-state index contributed by atoms with van der Waals surface area (Å²) in [6, 6.07) is 12.0. The van der Waals surface area contributed by atoms with E-state index in [0.29, 0.717) is 0 Å². The molecule has 1 aromatic carbocycles. The van der Waals surface area contributed by atoms with Crippen molar-refractivity contribution in [3.05, 3.63) is 36.4 Å². The van der Waals surface area contributed by atoms with Crippen LogP contribution in [0, 0.1) is 0 Å². The molecular weight excluding hydrogens is 141 g/mol. The molecule has 1 unspecified atom stereocenters. The van der Waals surface area contributed by atoms with Crippen LogP contribution in [0.25, 0.3) is 0 Å². The summed E-state index contributed by atoms with van der Waals surface area (Å²) in [5.41, 5.74) is 0. The molecule has 0 aliphatic carbocycles. The van der Waals surface area contributed by atoms with Gasteiger partial charge in [0.05, 0.1) is 0 Å². The highest BCUT2D eigenvalue weighted by molar-refractivity contribution is 7.13. The molecule has 1 rings (SSSR count). The van der Waals surface area contributed by atoms with Gasteiger partial charge in [-0.25, -0.2) is 0 Å². The minimum Gasteiger partial charge on any atom is -0.293 e. The number of benzene rings is 1. The zero-order valence-corrected chi connectivity index (χ0v) is 7.64. The normalized spacial score (nSPS) is 8.40. The van der Waals surface area contributed by atoms with E-state index in [9.17, 15) is 0 Å². The topological polar surface area (TPSA) is 3.24 Å². The first-order valence-electron chi connectivity index (χ1n) is 3.15. The largest absolute Gasteiger partial charge is 0.293 e. The predicted octanol–water partition coefficient (Wildman–Crippen LogP) is 2.02. The van der Waals surface area contributed by atoms with Crippen LogP contribution >= 0.6 is 9.39 Å². The van der Waals surface area contributed by atoms with Gasteiger partial charge in [-0.3, -0.25) is 4.67 Å². The van der Waals surface area contributed by atoms with Crippen molar-refractivity contribution in [3.8, 4) is 0 Å². The predicted molar refractivity (Wildman–Crippen MR) is 49.8 cm³/mol. The van der Waals surface area contributed by atoms with Crippen LogP contribution in [0.5, 0.6) is 0 Å². The summed E-state index contributed by atoms with van der Waals surface area (Å²) in [6.07, 6.45) is 0. The van der Waals surface area contributed by atoms with Crippen molar-refractivity contribution >= 4 is 9.39 Å². The molecule has 0 N–H and O–H groups in total. The van der Waals surface area contributed by atoms with Crippen LogP contribution in [-0.4, -0.2) is 18.8 Å².